The van der Waals surface area contributed by atoms with Gasteiger partial charge in [0.05, 0.1) is 11.9 Å². The maximum atomic E-state index is 4.19. The Morgan fingerprint density at radius 2 is 2.33 bits per heavy atom. The van der Waals surface area contributed by atoms with Crippen LogP contribution in [-0.4, -0.2) is 46.3 Å². The van der Waals surface area contributed by atoms with E-state index in [-0.39, 0.29) is 0 Å². The molecule has 1 saturated heterocycles. The van der Waals surface area contributed by atoms with Gasteiger partial charge in [-0.1, -0.05) is 6.92 Å². The highest BCUT2D eigenvalue weighted by Gasteiger charge is 2.23. The fourth-order valence-electron chi connectivity index (χ4n) is 3.10. The molecule has 0 bridgehead atoms. The highest BCUT2D eigenvalue weighted by atomic mass is 15.1. The van der Waals surface area contributed by atoms with Crippen molar-refractivity contribution in [1.82, 2.24) is 25.4 Å². The highest BCUT2D eigenvalue weighted by molar-refractivity contribution is 5.61. The first-order valence-electron chi connectivity index (χ1n) is 7.58. The van der Waals surface area contributed by atoms with Crippen molar-refractivity contribution in [2.75, 3.05) is 20.1 Å². The summed E-state index contributed by atoms with van der Waals surface area (Å²) in [6, 6.07) is 4.59. The van der Waals surface area contributed by atoms with Crippen molar-refractivity contribution < 1.29 is 0 Å². The summed E-state index contributed by atoms with van der Waals surface area (Å²) in [5.41, 5.74) is 3.36. The Kier molecular flexibility index (Phi) is 4.31. The molecular weight excluding hydrogens is 262 g/mol. The Balaban J connectivity index is 1.65. The molecule has 3 rings (SSSR count). The number of aromatic amines is 1. The molecule has 1 aliphatic heterocycles. The van der Waals surface area contributed by atoms with E-state index >= 15 is 0 Å². The summed E-state index contributed by atoms with van der Waals surface area (Å²) >= 11 is 0. The molecule has 1 aliphatic rings. The summed E-state index contributed by atoms with van der Waals surface area (Å²) in [5.74, 6) is 0.678. The first-order valence-corrected chi connectivity index (χ1v) is 7.58. The number of piperidine rings is 1. The van der Waals surface area contributed by atoms with E-state index < -0.39 is 0 Å². The number of aromatic nitrogens is 3. The molecule has 2 unspecified atom stereocenters. The topological polar surface area (TPSA) is 56.8 Å². The van der Waals surface area contributed by atoms with Gasteiger partial charge in [-0.05, 0) is 38.1 Å². The number of pyridine rings is 1. The number of likely N-dealkylation sites (tertiary alicyclic amines) is 1. The number of rotatable bonds is 4. The zero-order valence-electron chi connectivity index (χ0n) is 12.7. The van der Waals surface area contributed by atoms with Crippen LogP contribution in [0.1, 0.15) is 18.9 Å². The van der Waals surface area contributed by atoms with Crippen LogP contribution in [0.15, 0.2) is 30.7 Å². The van der Waals surface area contributed by atoms with Gasteiger partial charge in [-0.25, -0.2) is 0 Å². The minimum Gasteiger partial charge on any atom is -0.309 e. The molecule has 0 amide bonds. The van der Waals surface area contributed by atoms with Gasteiger partial charge < -0.3 is 10.2 Å². The van der Waals surface area contributed by atoms with Crippen LogP contribution >= 0.6 is 0 Å². The SMILES string of the molecule is CC1CN(C)CCC1NCc1cn[nH]c1-c1cccnc1. The number of hydrogen-bond acceptors (Lipinski definition) is 4. The number of hydrogen-bond donors (Lipinski definition) is 2. The molecular formula is C16H23N5. The first kappa shape index (κ1) is 14.2. The summed E-state index contributed by atoms with van der Waals surface area (Å²) < 4.78 is 0. The molecule has 0 saturated carbocycles. The molecule has 2 aromatic heterocycles. The minimum atomic E-state index is 0.581. The lowest BCUT2D eigenvalue weighted by atomic mass is 9.94. The van der Waals surface area contributed by atoms with E-state index in [1.54, 1.807) is 6.20 Å². The third kappa shape index (κ3) is 3.31. The van der Waals surface area contributed by atoms with Crippen molar-refractivity contribution in [3.05, 3.63) is 36.3 Å². The second-order valence-electron chi connectivity index (χ2n) is 6.03. The highest BCUT2D eigenvalue weighted by Crippen LogP contribution is 2.21. The molecule has 1 fully saturated rings. The standard InChI is InChI=1S/C16H23N5/c1-12-11-21(2)7-5-15(12)18-9-14-10-19-20-16(14)13-4-3-6-17-8-13/h3-4,6,8,10,12,15,18H,5,7,9,11H2,1-2H3,(H,19,20). The third-order valence-electron chi connectivity index (χ3n) is 4.33. The van der Waals surface area contributed by atoms with Crippen molar-refractivity contribution in [3.8, 4) is 11.3 Å². The Morgan fingerprint density at radius 1 is 1.43 bits per heavy atom. The molecule has 21 heavy (non-hydrogen) atoms. The van der Waals surface area contributed by atoms with E-state index in [0.717, 1.165) is 17.8 Å². The molecule has 112 valence electrons. The van der Waals surface area contributed by atoms with Gasteiger partial charge in [-0.3, -0.25) is 10.1 Å². The number of H-pyrrole nitrogens is 1. The Labute approximate surface area is 125 Å². The van der Waals surface area contributed by atoms with Gasteiger partial charge in [-0.15, -0.1) is 0 Å². The summed E-state index contributed by atoms with van der Waals surface area (Å²) in [4.78, 5) is 6.58. The van der Waals surface area contributed by atoms with Gasteiger partial charge in [-0.2, -0.15) is 5.10 Å². The van der Waals surface area contributed by atoms with E-state index in [9.17, 15) is 0 Å². The van der Waals surface area contributed by atoms with E-state index in [4.69, 9.17) is 0 Å². The predicted octanol–water partition coefficient (Wildman–Crippen LogP) is 1.90. The lowest BCUT2D eigenvalue weighted by Crippen LogP contribution is -2.46. The van der Waals surface area contributed by atoms with Crippen molar-refractivity contribution in [3.63, 3.8) is 0 Å². The molecule has 2 N–H and O–H groups in total. The van der Waals surface area contributed by atoms with E-state index in [2.05, 4.69) is 45.4 Å². The van der Waals surface area contributed by atoms with Gasteiger partial charge >= 0.3 is 0 Å². The van der Waals surface area contributed by atoms with Crippen LogP contribution in [0.2, 0.25) is 0 Å². The maximum absolute atomic E-state index is 4.19. The Morgan fingerprint density at radius 3 is 3.10 bits per heavy atom. The summed E-state index contributed by atoms with van der Waals surface area (Å²) in [5, 5.41) is 11.0. The molecule has 2 atom stereocenters. The van der Waals surface area contributed by atoms with Crippen LogP contribution in [0, 0.1) is 5.92 Å². The molecule has 0 spiro atoms. The smallest absolute Gasteiger partial charge is 0.0710 e. The van der Waals surface area contributed by atoms with Crippen LogP contribution < -0.4 is 5.32 Å². The van der Waals surface area contributed by atoms with Crippen LogP contribution in [-0.2, 0) is 6.54 Å². The monoisotopic (exact) mass is 285 g/mol. The van der Waals surface area contributed by atoms with E-state index in [1.807, 2.05) is 18.5 Å². The molecule has 5 nitrogen and oxygen atoms in total. The van der Waals surface area contributed by atoms with Crippen molar-refractivity contribution in [2.24, 2.45) is 5.92 Å². The molecule has 3 heterocycles. The summed E-state index contributed by atoms with van der Waals surface area (Å²) in [6.07, 6.45) is 6.78. The number of nitrogens with zero attached hydrogens (tertiary/aromatic N) is 3. The Bertz CT molecular complexity index is 565. The van der Waals surface area contributed by atoms with E-state index in [0.29, 0.717) is 12.0 Å². The summed E-state index contributed by atoms with van der Waals surface area (Å²) in [6.45, 7) is 5.51. The third-order valence-corrected chi connectivity index (χ3v) is 4.33. The van der Waals surface area contributed by atoms with Gasteiger partial charge in [0.1, 0.15) is 0 Å². The summed E-state index contributed by atoms with van der Waals surface area (Å²) in [7, 11) is 2.20. The first-order chi connectivity index (χ1) is 10.2. The lowest BCUT2D eigenvalue weighted by Gasteiger charge is -2.35. The fraction of sp³-hybridized carbons (Fsp3) is 0.500. The van der Waals surface area contributed by atoms with Crippen molar-refractivity contribution in [1.29, 1.82) is 0 Å². The Hall–Kier alpha value is -1.72. The van der Waals surface area contributed by atoms with Gasteiger partial charge in [0.2, 0.25) is 0 Å². The van der Waals surface area contributed by atoms with Gasteiger partial charge in [0.15, 0.2) is 0 Å². The van der Waals surface area contributed by atoms with Crippen molar-refractivity contribution >= 4 is 0 Å². The molecule has 0 aromatic carbocycles. The van der Waals surface area contributed by atoms with Gasteiger partial charge in [0.25, 0.3) is 0 Å². The van der Waals surface area contributed by atoms with Crippen molar-refractivity contribution in [2.45, 2.75) is 25.9 Å². The van der Waals surface area contributed by atoms with Crippen LogP contribution in [0.4, 0.5) is 0 Å². The maximum Gasteiger partial charge on any atom is 0.0710 e. The predicted molar refractivity (Wildman–Crippen MR) is 83.7 cm³/mol. The van der Waals surface area contributed by atoms with Crippen LogP contribution in [0.5, 0.6) is 0 Å². The zero-order chi connectivity index (χ0) is 14.7. The quantitative estimate of drug-likeness (QED) is 0.901. The molecule has 5 heteroatoms. The normalized spacial score (nSPS) is 23.3. The average Bonchev–Trinajstić information content (AvgIpc) is 2.96. The van der Waals surface area contributed by atoms with Crippen LogP contribution in [0.3, 0.4) is 0 Å². The van der Waals surface area contributed by atoms with Crippen LogP contribution in [0.25, 0.3) is 11.3 Å². The largest absolute Gasteiger partial charge is 0.309 e. The molecule has 2 aromatic rings. The second kappa shape index (κ2) is 6.37. The average molecular weight is 285 g/mol. The lowest BCUT2D eigenvalue weighted by molar-refractivity contribution is 0.174. The fourth-order valence-corrected chi connectivity index (χ4v) is 3.10. The minimum absolute atomic E-state index is 0.581. The number of nitrogens with one attached hydrogen (secondary N) is 2. The van der Waals surface area contributed by atoms with Gasteiger partial charge in [0, 0.05) is 42.7 Å². The molecule has 0 radical (unpaired) electrons. The second-order valence-corrected chi connectivity index (χ2v) is 6.03. The molecule has 0 aliphatic carbocycles. The van der Waals surface area contributed by atoms with E-state index in [1.165, 1.54) is 25.1 Å². The zero-order valence-corrected chi connectivity index (χ0v) is 12.7.